The summed E-state index contributed by atoms with van der Waals surface area (Å²) in [5, 5.41) is 12.6. The van der Waals surface area contributed by atoms with Crippen molar-refractivity contribution in [1.29, 1.82) is 5.26 Å². The topological polar surface area (TPSA) is 57.8 Å². The lowest BCUT2D eigenvalue weighted by Gasteiger charge is -2.22. The van der Waals surface area contributed by atoms with Crippen LogP contribution in [-0.4, -0.2) is 16.5 Å². The lowest BCUT2D eigenvalue weighted by molar-refractivity contribution is -0.117. The summed E-state index contributed by atoms with van der Waals surface area (Å²) >= 11 is 2.33. The molecule has 2 aromatic rings. The molecule has 1 heterocycles. The van der Waals surface area contributed by atoms with Gasteiger partial charge in [0.25, 0.3) is 5.91 Å². The highest BCUT2D eigenvalue weighted by molar-refractivity contribution is 14.1. The van der Waals surface area contributed by atoms with Crippen LogP contribution >= 0.6 is 22.6 Å². The second kappa shape index (κ2) is 8.95. The number of nitrogens with zero attached hydrogens (tertiary/aromatic N) is 2. The maximum atomic E-state index is 12.6. The Bertz CT molecular complexity index is 959. The molecule has 0 radical (unpaired) electrons. The zero-order valence-electron chi connectivity index (χ0n) is 16.7. The van der Waals surface area contributed by atoms with E-state index in [1.165, 1.54) is 15.6 Å². The van der Waals surface area contributed by atoms with Crippen molar-refractivity contribution in [1.82, 2.24) is 9.88 Å². The van der Waals surface area contributed by atoms with E-state index in [-0.39, 0.29) is 17.5 Å². The Morgan fingerprint density at radius 3 is 2.57 bits per heavy atom. The molecule has 1 saturated carbocycles. The minimum absolute atomic E-state index is 0.171. The van der Waals surface area contributed by atoms with E-state index in [9.17, 15) is 10.1 Å². The molecular weight excluding hydrogens is 461 g/mol. The summed E-state index contributed by atoms with van der Waals surface area (Å²) in [6.45, 7) is 6.18. The van der Waals surface area contributed by atoms with E-state index in [4.69, 9.17) is 0 Å². The van der Waals surface area contributed by atoms with Gasteiger partial charge in [0.2, 0.25) is 0 Å². The summed E-state index contributed by atoms with van der Waals surface area (Å²) in [6, 6.07) is 10.7. The van der Waals surface area contributed by atoms with Crippen LogP contribution in [0.25, 0.3) is 11.8 Å². The second-order valence-corrected chi connectivity index (χ2v) is 8.74. The number of benzene rings is 1. The monoisotopic (exact) mass is 487 g/mol. The molecular formula is C23H26IN3O. The molecule has 4 nitrogen and oxygen atoms in total. The minimum atomic E-state index is -0.260. The third-order valence-corrected chi connectivity index (χ3v) is 6.69. The number of aromatic nitrogens is 1. The van der Waals surface area contributed by atoms with E-state index < -0.39 is 0 Å². The van der Waals surface area contributed by atoms with Crippen LogP contribution < -0.4 is 5.32 Å². The van der Waals surface area contributed by atoms with Crippen LogP contribution in [0, 0.1) is 35.7 Å². The number of hydrogen-bond donors (Lipinski definition) is 1. The van der Waals surface area contributed by atoms with Gasteiger partial charge < -0.3 is 9.88 Å². The molecule has 0 bridgehead atoms. The largest absolute Gasteiger partial charge is 0.349 e. The van der Waals surface area contributed by atoms with E-state index in [0.717, 1.165) is 48.3 Å². The Morgan fingerprint density at radius 1 is 1.21 bits per heavy atom. The molecule has 0 unspecified atom stereocenters. The summed E-state index contributed by atoms with van der Waals surface area (Å²) < 4.78 is 3.40. The van der Waals surface area contributed by atoms with E-state index in [2.05, 4.69) is 63.7 Å². The van der Waals surface area contributed by atoms with E-state index >= 15 is 0 Å². The molecule has 146 valence electrons. The number of nitrogens with one attached hydrogen (secondary N) is 1. The van der Waals surface area contributed by atoms with Crippen molar-refractivity contribution in [2.75, 3.05) is 0 Å². The van der Waals surface area contributed by atoms with Crippen molar-refractivity contribution >= 4 is 34.6 Å². The molecule has 1 aromatic heterocycles. The zero-order valence-corrected chi connectivity index (χ0v) is 18.8. The number of rotatable bonds is 4. The number of carbonyl (C=O) groups is 1. The van der Waals surface area contributed by atoms with Crippen molar-refractivity contribution in [3.63, 3.8) is 0 Å². The molecule has 28 heavy (non-hydrogen) atoms. The average molecular weight is 487 g/mol. The highest BCUT2D eigenvalue weighted by Gasteiger charge is 2.19. The van der Waals surface area contributed by atoms with E-state index in [1.807, 2.05) is 19.9 Å². The molecule has 1 N–H and O–H groups in total. The fourth-order valence-corrected chi connectivity index (χ4v) is 4.25. The van der Waals surface area contributed by atoms with Crippen molar-refractivity contribution < 1.29 is 4.79 Å². The first-order valence-electron chi connectivity index (χ1n) is 9.79. The fourth-order valence-electron chi connectivity index (χ4n) is 3.91. The molecule has 0 atom stereocenters. The first kappa shape index (κ1) is 20.7. The van der Waals surface area contributed by atoms with Gasteiger partial charge in [-0.05, 0) is 97.7 Å². The standard InChI is InChI=1S/C23H26IN3O/c1-15-11-21(9-10-22(15)24)27-16(2)12-18(17(27)3)13-19(14-25)23(28)26-20-7-5-4-6-8-20/h9-13,20H,4-8H2,1-3H3,(H,26,28)/b19-13-. The van der Waals surface area contributed by atoms with Crippen LogP contribution in [0.15, 0.2) is 29.8 Å². The number of amides is 1. The lowest BCUT2D eigenvalue weighted by atomic mass is 9.95. The van der Waals surface area contributed by atoms with Crippen molar-refractivity contribution in [2.45, 2.75) is 58.9 Å². The summed E-state index contributed by atoms with van der Waals surface area (Å²) in [4.78, 5) is 12.6. The van der Waals surface area contributed by atoms with Crippen LogP contribution in [-0.2, 0) is 4.79 Å². The van der Waals surface area contributed by atoms with Gasteiger partial charge in [-0.3, -0.25) is 4.79 Å². The van der Waals surface area contributed by atoms with Gasteiger partial charge in [0, 0.05) is 26.7 Å². The quantitative estimate of drug-likeness (QED) is 0.359. The second-order valence-electron chi connectivity index (χ2n) is 7.57. The smallest absolute Gasteiger partial charge is 0.262 e. The van der Waals surface area contributed by atoms with Crippen molar-refractivity contribution in [2.24, 2.45) is 0 Å². The first-order chi connectivity index (χ1) is 13.4. The highest BCUT2D eigenvalue weighted by atomic mass is 127. The fraction of sp³-hybridized carbons (Fsp3) is 0.391. The third kappa shape index (κ3) is 4.49. The van der Waals surface area contributed by atoms with Gasteiger partial charge in [-0.15, -0.1) is 0 Å². The molecule has 1 fully saturated rings. The normalized spacial score (nSPS) is 15.3. The van der Waals surface area contributed by atoms with Crippen LogP contribution in [0.4, 0.5) is 0 Å². The van der Waals surface area contributed by atoms with Crippen LogP contribution in [0.3, 0.4) is 0 Å². The van der Waals surface area contributed by atoms with Gasteiger partial charge >= 0.3 is 0 Å². The molecule has 0 aliphatic heterocycles. The highest BCUT2D eigenvalue weighted by Crippen LogP contribution is 2.25. The van der Waals surface area contributed by atoms with Crippen LogP contribution in [0.5, 0.6) is 0 Å². The molecule has 1 aliphatic carbocycles. The summed E-state index contributed by atoms with van der Waals surface area (Å²) in [7, 11) is 0. The van der Waals surface area contributed by atoms with E-state index in [1.54, 1.807) is 6.08 Å². The van der Waals surface area contributed by atoms with Gasteiger partial charge in [-0.1, -0.05) is 19.3 Å². The number of nitriles is 1. The Labute approximate surface area is 180 Å². The Hall–Kier alpha value is -2.07. The molecule has 0 spiro atoms. The lowest BCUT2D eigenvalue weighted by Crippen LogP contribution is -2.36. The number of aryl methyl sites for hydroxylation is 2. The molecule has 1 aromatic carbocycles. The minimum Gasteiger partial charge on any atom is -0.349 e. The van der Waals surface area contributed by atoms with Crippen LogP contribution in [0.1, 0.15) is 54.6 Å². The third-order valence-electron chi connectivity index (χ3n) is 5.48. The Kier molecular flexibility index (Phi) is 6.61. The predicted molar refractivity (Wildman–Crippen MR) is 121 cm³/mol. The van der Waals surface area contributed by atoms with Gasteiger partial charge in [-0.25, -0.2) is 0 Å². The summed E-state index contributed by atoms with van der Waals surface area (Å²) in [5.74, 6) is -0.260. The molecule has 3 rings (SSSR count). The Morgan fingerprint density at radius 2 is 1.93 bits per heavy atom. The van der Waals surface area contributed by atoms with Gasteiger partial charge in [0.15, 0.2) is 0 Å². The van der Waals surface area contributed by atoms with Gasteiger partial charge in [0.1, 0.15) is 11.6 Å². The van der Waals surface area contributed by atoms with E-state index in [0.29, 0.717) is 0 Å². The van der Waals surface area contributed by atoms with Crippen molar-refractivity contribution in [3.05, 3.63) is 55.9 Å². The first-order valence-corrected chi connectivity index (χ1v) is 10.9. The molecule has 0 saturated heterocycles. The van der Waals surface area contributed by atoms with Gasteiger partial charge in [0.05, 0.1) is 0 Å². The predicted octanol–water partition coefficient (Wildman–Crippen LogP) is 5.36. The van der Waals surface area contributed by atoms with Gasteiger partial charge in [-0.2, -0.15) is 5.26 Å². The maximum Gasteiger partial charge on any atom is 0.262 e. The summed E-state index contributed by atoms with van der Waals surface area (Å²) in [5.41, 5.74) is 5.50. The SMILES string of the molecule is Cc1cc(-n2c(C)cc(/C=C(/C#N)C(=O)NC3CCCCC3)c2C)ccc1I. The van der Waals surface area contributed by atoms with Crippen molar-refractivity contribution in [3.8, 4) is 11.8 Å². The number of halogens is 1. The number of hydrogen-bond acceptors (Lipinski definition) is 2. The van der Waals surface area contributed by atoms with Crippen LogP contribution in [0.2, 0.25) is 0 Å². The molecule has 1 amide bonds. The Balaban J connectivity index is 1.89. The maximum absolute atomic E-state index is 12.6. The molecule has 5 heteroatoms. The zero-order chi connectivity index (χ0) is 20.3. The summed E-state index contributed by atoms with van der Waals surface area (Å²) in [6.07, 6.45) is 7.25. The number of carbonyl (C=O) groups excluding carboxylic acids is 1. The molecule has 1 aliphatic rings. The average Bonchev–Trinajstić information content (AvgIpc) is 2.96.